The highest BCUT2D eigenvalue weighted by Gasteiger charge is 2.31. The van der Waals surface area contributed by atoms with Crippen LogP contribution in [-0.2, 0) is 15.9 Å². The van der Waals surface area contributed by atoms with Crippen molar-refractivity contribution in [1.29, 1.82) is 0 Å². The molecule has 0 amide bonds. The fourth-order valence-corrected chi connectivity index (χ4v) is 5.91. The quantitative estimate of drug-likeness (QED) is 0.504. The van der Waals surface area contributed by atoms with Crippen LogP contribution in [0.5, 0.6) is 0 Å². The second kappa shape index (κ2) is 10.3. The van der Waals surface area contributed by atoms with E-state index in [2.05, 4.69) is 0 Å². The second-order valence-electron chi connectivity index (χ2n) is 9.60. The maximum Gasteiger partial charge on any atom is 0.159 e. The first kappa shape index (κ1) is 21.2. The number of hydrogen-bond donors (Lipinski definition) is 0. The van der Waals surface area contributed by atoms with E-state index < -0.39 is 11.6 Å². The molecule has 1 aromatic rings. The molecule has 0 N–H and O–H groups in total. The van der Waals surface area contributed by atoms with E-state index in [4.69, 9.17) is 9.47 Å². The van der Waals surface area contributed by atoms with Crippen LogP contribution in [0.25, 0.3) is 0 Å². The highest BCUT2D eigenvalue weighted by atomic mass is 19.2. The largest absolute Gasteiger partial charge is 0.350 e. The predicted molar refractivity (Wildman–Crippen MR) is 111 cm³/mol. The lowest BCUT2D eigenvalue weighted by Gasteiger charge is -2.38. The molecule has 2 nitrogen and oxygen atoms in total. The summed E-state index contributed by atoms with van der Waals surface area (Å²) in [5.74, 6) is 2.00. The lowest BCUT2D eigenvalue weighted by Crippen LogP contribution is -2.26. The Labute approximate surface area is 174 Å². The van der Waals surface area contributed by atoms with Gasteiger partial charge in [0, 0.05) is 0 Å². The third-order valence-electron chi connectivity index (χ3n) is 7.78. The Morgan fingerprint density at radius 2 is 1.28 bits per heavy atom. The fraction of sp³-hybridized carbons (Fsp3) is 0.760. The van der Waals surface area contributed by atoms with Gasteiger partial charge in [0.25, 0.3) is 0 Å². The molecule has 162 valence electrons. The van der Waals surface area contributed by atoms with Gasteiger partial charge in [-0.2, -0.15) is 0 Å². The van der Waals surface area contributed by atoms with Crippen molar-refractivity contribution in [2.45, 2.75) is 83.3 Å². The van der Waals surface area contributed by atoms with Crippen molar-refractivity contribution in [1.82, 2.24) is 0 Å². The Kier molecular flexibility index (Phi) is 7.58. The first-order valence-corrected chi connectivity index (χ1v) is 11.8. The van der Waals surface area contributed by atoms with Crippen molar-refractivity contribution in [3.05, 3.63) is 35.4 Å². The van der Waals surface area contributed by atoms with Crippen LogP contribution < -0.4 is 0 Å². The van der Waals surface area contributed by atoms with E-state index in [-0.39, 0.29) is 6.29 Å². The summed E-state index contributed by atoms with van der Waals surface area (Å²) in [7, 11) is 0. The van der Waals surface area contributed by atoms with Crippen molar-refractivity contribution in [3.63, 3.8) is 0 Å². The SMILES string of the molecule is Fc1ccc(CC[C@H]2CC[C@H]([C@H]3CC[C@H](CCC4OCCO4)CC3)CC2)cc1F. The van der Waals surface area contributed by atoms with Gasteiger partial charge in [-0.3, -0.25) is 0 Å². The zero-order valence-corrected chi connectivity index (χ0v) is 17.6. The molecule has 2 saturated carbocycles. The Bertz CT molecular complexity index is 628. The first-order valence-electron chi connectivity index (χ1n) is 11.8. The summed E-state index contributed by atoms with van der Waals surface area (Å²) in [4.78, 5) is 0. The van der Waals surface area contributed by atoms with Crippen LogP contribution in [-0.4, -0.2) is 19.5 Å². The van der Waals surface area contributed by atoms with E-state index in [1.54, 1.807) is 6.07 Å². The van der Waals surface area contributed by atoms with E-state index in [9.17, 15) is 8.78 Å². The molecular weight excluding hydrogens is 370 g/mol. The molecule has 0 atom stereocenters. The van der Waals surface area contributed by atoms with Crippen molar-refractivity contribution in [2.75, 3.05) is 13.2 Å². The van der Waals surface area contributed by atoms with E-state index in [0.29, 0.717) is 0 Å². The number of benzene rings is 1. The van der Waals surface area contributed by atoms with Crippen molar-refractivity contribution in [2.24, 2.45) is 23.7 Å². The van der Waals surface area contributed by atoms with Gasteiger partial charge < -0.3 is 9.47 Å². The minimum atomic E-state index is -0.746. The molecule has 2 aliphatic carbocycles. The number of halogens is 2. The Hall–Kier alpha value is -1.00. The summed E-state index contributed by atoms with van der Waals surface area (Å²) in [6, 6.07) is 4.35. The summed E-state index contributed by atoms with van der Waals surface area (Å²) in [5.41, 5.74) is 0.928. The third-order valence-corrected chi connectivity index (χ3v) is 7.78. The Morgan fingerprint density at radius 1 is 0.690 bits per heavy atom. The predicted octanol–water partition coefficient (Wildman–Crippen LogP) is 6.66. The molecule has 1 aromatic carbocycles. The molecular formula is C25H36F2O2. The van der Waals surface area contributed by atoms with Gasteiger partial charge in [0.05, 0.1) is 13.2 Å². The van der Waals surface area contributed by atoms with E-state index in [1.165, 1.54) is 69.9 Å². The van der Waals surface area contributed by atoms with Gasteiger partial charge in [-0.25, -0.2) is 8.78 Å². The highest BCUT2D eigenvalue weighted by Crippen LogP contribution is 2.43. The smallest absolute Gasteiger partial charge is 0.159 e. The van der Waals surface area contributed by atoms with Crippen LogP contribution >= 0.6 is 0 Å². The lowest BCUT2D eigenvalue weighted by molar-refractivity contribution is -0.0514. The fourth-order valence-electron chi connectivity index (χ4n) is 5.91. The van der Waals surface area contributed by atoms with Crippen LogP contribution in [0, 0.1) is 35.3 Å². The van der Waals surface area contributed by atoms with E-state index in [0.717, 1.165) is 61.7 Å². The van der Waals surface area contributed by atoms with Gasteiger partial charge in [0.15, 0.2) is 17.9 Å². The number of hydrogen-bond acceptors (Lipinski definition) is 2. The van der Waals surface area contributed by atoms with Crippen LogP contribution in [0.1, 0.15) is 76.2 Å². The Balaban J connectivity index is 1.12. The summed E-state index contributed by atoms with van der Waals surface area (Å²) in [6.45, 7) is 1.53. The van der Waals surface area contributed by atoms with Gasteiger partial charge in [-0.15, -0.1) is 0 Å². The average molecular weight is 407 g/mol. The summed E-state index contributed by atoms with van der Waals surface area (Å²) in [6.07, 6.45) is 15.3. The summed E-state index contributed by atoms with van der Waals surface area (Å²) in [5, 5.41) is 0. The molecule has 4 rings (SSSR count). The molecule has 3 fully saturated rings. The van der Waals surface area contributed by atoms with Gasteiger partial charge in [-0.1, -0.05) is 31.7 Å². The summed E-state index contributed by atoms with van der Waals surface area (Å²) >= 11 is 0. The third kappa shape index (κ3) is 6.01. The van der Waals surface area contributed by atoms with E-state index >= 15 is 0 Å². The topological polar surface area (TPSA) is 18.5 Å². The number of rotatable bonds is 7. The molecule has 0 radical (unpaired) electrons. The molecule has 29 heavy (non-hydrogen) atoms. The molecule has 1 heterocycles. The minimum Gasteiger partial charge on any atom is -0.350 e. The molecule has 0 aromatic heterocycles. The standard InChI is InChI=1S/C25H36F2O2/c26-23-13-7-20(17-24(23)27)2-1-18-3-9-21(10-4-18)22-11-5-19(6-12-22)8-14-25-28-15-16-29-25/h7,13,17-19,21-22,25H,1-6,8-12,14-16H2/t18-,19-,21-,22-. The van der Waals surface area contributed by atoms with Crippen molar-refractivity contribution in [3.8, 4) is 0 Å². The average Bonchev–Trinajstić information content (AvgIpc) is 3.28. The zero-order valence-electron chi connectivity index (χ0n) is 17.6. The monoisotopic (exact) mass is 406 g/mol. The van der Waals surface area contributed by atoms with Gasteiger partial charge >= 0.3 is 0 Å². The van der Waals surface area contributed by atoms with Crippen molar-refractivity contribution < 1.29 is 18.3 Å². The maximum absolute atomic E-state index is 13.4. The van der Waals surface area contributed by atoms with Gasteiger partial charge in [0.2, 0.25) is 0 Å². The van der Waals surface area contributed by atoms with Crippen LogP contribution in [0.2, 0.25) is 0 Å². The van der Waals surface area contributed by atoms with Gasteiger partial charge in [0.1, 0.15) is 0 Å². The molecule has 1 saturated heterocycles. The highest BCUT2D eigenvalue weighted by molar-refractivity contribution is 5.17. The normalized spacial score (nSPS) is 31.2. The van der Waals surface area contributed by atoms with Crippen LogP contribution in [0.15, 0.2) is 18.2 Å². The van der Waals surface area contributed by atoms with Crippen LogP contribution in [0.3, 0.4) is 0 Å². The number of aryl methyl sites for hydroxylation is 1. The summed E-state index contributed by atoms with van der Waals surface area (Å²) < 4.78 is 37.6. The first-order chi connectivity index (χ1) is 14.2. The lowest BCUT2D eigenvalue weighted by atomic mass is 9.68. The molecule has 3 aliphatic rings. The molecule has 4 heteroatoms. The number of ether oxygens (including phenoxy) is 2. The molecule has 0 unspecified atom stereocenters. The Morgan fingerprint density at radius 3 is 1.86 bits per heavy atom. The minimum absolute atomic E-state index is 0.0643. The van der Waals surface area contributed by atoms with E-state index in [1.807, 2.05) is 0 Å². The van der Waals surface area contributed by atoms with Gasteiger partial charge in [-0.05, 0) is 92.7 Å². The molecule has 0 spiro atoms. The molecule has 1 aliphatic heterocycles. The second-order valence-corrected chi connectivity index (χ2v) is 9.60. The zero-order chi connectivity index (χ0) is 20.1. The van der Waals surface area contributed by atoms with Crippen molar-refractivity contribution >= 4 is 0 Å². The maximum atomic E-state index is 13.4. The van der Waals surface area contributed by atoms with Crippen LogP contribution in [0.4, 0.5) is 8.78 Å². The molecule has 0 bridgehead atoms.